The molecule has 0 radical (unpaired) electrons. The van der Waals surface area contributed by atoms with Gasteiger partial charge in [-0.25, -0.2) is 14.4 Å². The zero-order valence-corrected chi connectivity index (χ0v) is 19.7. The zero-order valence-electron chi connectivity index (χ0n) is 18.8. The Balaban J connectivity index is 1.37. The molecular formula is C25H22FN5O3S. The third-order valence-corrected chi connectivity index (χ3v) is 7.78. The van der Waals surface area contributed by atoms with Gasteiger partial charge in [-0.1, -0.05) is 30.3 Å². The summed E-state index contributed by atoms with van der Waals surface area (Å²) in [6.45, 7) is 0.659. The van der Waals surface area contributed by atoms with Crippen LogP contribution < -0.4 is 9.62 Å². The molecule has 1 N–H and O–H groups in total. The van der Waals surface area contributed by atoms with Crippen molar-refractivity contribution in [3.05, 3.63) is 84.3 Å². The van der Waals surface area contributed by atoms with Gasteiger partial charge >= 0.3 is 10.2 Å². The van der Waals surface area contributed by atoms with Crippen molar-refractivity contribution in [1.29, 1.82) is 0 Å². The first-order valence-corrected chi connectivity index (χ1v) is 12.4. The minimum Gasteiger partial charge on any atom is -0.322 e. The second kappa shape index (κ2) is 9.05. The number of anilines is 2. The highest BCUT2D eigenvalue weighted by atomic mass is 32.2. The second-order valence-corrected chi connectivity index (χ2v) is 10.2. The lowest BCUT2D eigenvalue weighted by Crippen LogP contribution is -2.48. The van der Waals surface area contributed by atoms with Gasteiger partial charge in [-0.05, 0) is 42.8 Å². The van der Waals surface area contributed by atoms with Gasteiger partial charge in [0.25, 0.3) is 5.91 Å². The number of para-hydroxylation sites is 1. The number of nitrogens with zero attached hydrogens (tertiary/aromatic N) is 4. The number of amides is 1. The summed E-state index contributed by atoms with van der Waals surface area (Å²) in [5.74, 6) is -0.954. The van der Waals surface area contributed by atoms with E-state index in [1.165, 1.54) is 23.5 Å². The van der Waals surface area contributed by atoms with Crippen LogP contribution in [0.5, 0.6) is 0 Å². The normalized spacial score (nSPS) is 15.8. The van der Waals surface area contributed by atoms with E-state index < -0.39 is 21.9 Å². The summed E-state index contributed by atoms with van der Waals surface area (Å²) in [5, 5.41) is 3.61. The van der Waals surface area contributed by atoms with E-state index in [0.717, 1.165) is 21.3 Å². The molecule has 8 nitrogen and oxygen atoms in total. The van der Waals surface area contributed by atoms with Crippen LogP contribution in [-0.4, -0.2) is 48.7 Å². The minimum atomic E-state index is -3.71. The maximum absolute atomic E-state index is 14.9. The summed E-state index contributed by atoms with van der Waals surface area (Å²) in [7, 11) is -2.23. The number of hydrogen-bond donors (Lipinski definition) is 1. The van der Waals surface area contributed by atoms with Crippen molar-refractivity contribution in [1.82, 2.24) is 14.3 Å². The van der Waals surface area contributed by atoms with E-state index >= 15 is 0 Å². The van der Waals surface area contributed by atoms with E-state index in [9.17, 15) is 17.6 Å². The predicted octanol–water partition coefficient (Wildman–Crippen LogP) is 4.07. The molecule has 35 heavy (non-hydrogen) atoms. The number of benzene rings is 3. The van der Waals surface area contributed by atoms with Gasteiger partial charge in [0, 0.05) is 43.0 Å². The van der Waals surface area contributed by atoms with Gasteiger partial charge in [0.15, 0.2) is 5.82 Å². The van der Waals surface area contributed by atoms with E-state index in [4.69, 9.17) is 0 Å². The number of hydrogen-bond acceptors (Lipinski definition) is 5. The van der Waals surface area contributed by atoms with Gasteiger partial charge in [-0.2, -0.15) is 12.7 Å². The number of fused-ring (bicyclic) bond motifs is 1. The standard InChI is InChI=1S/C25H22FN5O3S/c1-30-12-5-13-31(35(30,33)34)20-10-11-21(22(26)15-20)25(32)28-19-8-4-7-17(14-19)24-27-16-18-6-2-3-9-23(18)29-24/h2-4,6-11,14-16H,5,12-13H2,1H3,(H,28,32). The molecule has 2 heterocycles. The number of aromatic nitrogens is 2. The van der Waals surface area contributed by atoms with E-state index in [0.29, 0.717) is 30.0 Å². The maximum Gasteiger partial charge on any atom is 0.303 e. The highest BCUT2D eigenvalue weighted by Crippen LogP contribution is 2.27. The van der Waals surface area contributed by atoms with E-state index in [2.05, 4.69) is 15.3 Å². The third-order valence-electron chi connectivity index (χ3n) is 5.86. The largest absolute Gasteiger partial charge is 0.322 e. The first-order valence-electron chi connectivity index (χ1n) is 11.0. The van der Waals surface area contributed by atoms with Crippen molar-refractivity contribution in [2.45, 2.75) is 6.42 Å². The highest BCUT2D eigenvalue weighted by Gasteiger charge is 2.31. The second-order valence-electron chi connectivity index (χ2n) is 8.21. The summed E-state index contributed by atoms with van der Waals surface area (Å²) in [4.78, 5) is 21.8. The Morgan fingerprint density at radius 1 is 1.03 bits per heavy atom. The summed E-state index contributed by atoms with van der Waals surface area (Å²) in [6, 6.07) is 18.4. The van der Waals surface area contributed by atoms with Crippen molar-refractivity contribution in [3.8, 4) is 11.4 Å². The molecule has 1 aliphatic heterocycles. The van der Waals surface area contributed by atoms with Crippen LogP contribution in [0.1, 0.15) is 16.8 Å². The number of nitrogens with one attached hydrogen (secondary N) is 1. The van der Waals surface area contributed by atoms with E-state index in [-0.39, 0.29) is 17.8 Å². The Hall–Kier alpha value is -3.89. The molecule has 1 aromatic heterocycles. The summed E-state index contributed by atoms with van der Waals surface area (Å²) < 4.78 is 42.3. The average molecular weight is 492 g/mol. The van der Waals surface area contributed by atoms with Crippen LogP contribution in [0.4, 0.5) is 15.8 Å². The molecule has 0 bridgehead atoms. The molecule has 1 saturated heterocycles. The molecule has 0 unspecified atom stereocenters. The van der Waals surface area contributed by atoms with Crippen LogP contribution in [-0.2, 0) is 10.2 Å². The van der Waals surface area contributed by atoms with Gasteiger partial charge in [0.1, 0.15) is 5.82 Å². The number of halogens is 1. The van der Waals surface area contributed by atoms with Crippen molar-refractivity contribution in [2.24, 2.45) is 0 Å². The molecule has 1 aliphatic rings. The highest BCUT2D eigenvalue weighted by molar-refractivity contribution is 7.90. The molecule has 1 amide bonds. The first kappa shape index (κ1) is 22.9. The van der Waals surface area contributed by atoms with Crippen molar-refractivity contribution >= 4 is 38.4 Å². The Labute approximate surface area is 202 Å². The number of carbonyl (C=O) groups is 1. The Kier molecular flexibility index (Phi) is 5.91. The first-order chi connectivity index (χ1) is 16.8. The molecule has 4 aromatic rings. The van der Waals surface area contributed by atoms with Gasteiger partial charge in [0.2, 0.25) is 0 Å². The molecule has 178 valence electrons. The molecule has 5 rings (SSSR count). The molecule has 1 fully saturated rings. The molecule has 3 aromatic carbocycles. The van der Waals surface area contributed by atoms with Crippen LogP contribution >= 0.6 is 0 Å². The third kappa shape index (κ3) is 4.45. The lowest BCUT2D eigenvalue weighted by Gasteiger charge is -2.33. The Bertz CT molecular complexity index is 1540. The van der Waals surface area contributed by atoms with Crippen molar-refractivity contribution in [2.75, 3.05) is 29.8 Å². The molecule has 0 aliphatic carbocycles. The SMILES string of the molecule is CN1CCCN(c2ccc(C(=O)Nc3cccc(-c4ncc5ccccc5n4)c3)c(F)c2)S1(=O)=O. The Morgan fingerprint density at radius 2 is 1.86 bits per heavy atom. The fourth-order valence-electron chi connectivity index (χ4n) is 3.99. The lowest BCUT2D eigenvalue weighted by atomic mass is 10.1. The molecule has 0 saturated carbocycles. The van der Waals surface area contributed by atoms with Crippen LogP contribution in [0.15, 0.2) is 72.9 Å². The summed E-state index contributed by atoms with van der Waals surface area (Å²) in [5.41, 5.74) is 1.94. The molecule has 0 spiro atoms. The van der Waals surface area contributed by atoms with Crippen molar-refractivity contribution < 1.29 is 17.6 Å². The van der Waals surface area contributed by atoms with E-state index in [1.807, 2.05) is 30.3 Å². The molecule has 0 atom stereocenters. The fraction of sp³-hybridized carbons (Fsp3) is 0.160. The van der Waals surface area contributed by atoms with Crippen LogP contribution in [0.25, 0.3) is 22.3 Å². The lowest BCUT2D eigenvalue weighted by molar-refractivity contribution is 0.102. The minimum absolute atomic E-state index is 0.182. The Morgan fingerprint density at radius 3 is 2.69 bits per heavy atom. The van der Waals surface area contributed by atoms with Gasteiger partial charge < -0.3 is 5.32 Å². The molecule has 10 heteroatoms. The average Bonchev–Trinajstić information content (AvgIpc) is 2.85. The smallest absolute Gasteiger partial charge is 0.303 e. The predicted molar refractivity (Wildman–Crippen MR) is 133 cm³/mol. The van der Waals surface area contributed by atoms with E-state index in [1.54, 1.807) is 24.4 Å². The zero-order chi connectivity index (χ0) is 24.6. The maximum atomic E-state index is 14.9. The molecular weight excluding hydrogens is 469 g/mol. The summed E-state index contributed by atoms with van der Waals surface area (Å²) >= 11 is 0. The van der Waals surface area contributed by atoms with Gasteiger partial charge in [-0.15, -0.1) is 0 Å². The van der Waals surface area contributed by atoms with Crippen LogP contribution in [0.3, 0.4) is 0 Å². The van der Waals surface area contributed by atoms with Gasteiger partial charge in [-0.3, -0.25) is 9.10 Å². The fourth-order valence-corrected chi connectivity index (χ4v) is 5.42. The van der Waals surface area contributed by atoms with Crippen LogP contribution in [0.2, 0.25) is 0 Å². The number of rotatable bonds is 4. The monoisotopic (exact) mass is 491 g/mol. The van der Waals surface area contributed by atoms with Gasteiger partial charge in [0.05, 0.1) is 16.8 Å². The summed E-state index contributed by atoms with van der Waals surface area (Å²) in [6.07, 6.45) is 2.36. The van der Waals surface area contributed by atoms with Crippen LogP contribution in [0, 0.1) is 5.82 Å². The quantitative estimate of drug-likeness (QED) is 0.464. The topological polar surface area (TPSA) is 95.5 Å². The number of carbonyl (C=O) groups excluding carboxylic acids is 1. The van der Waals surface area contributed by atoms with Crippen molar-refractivity contribution in [3.63, 3.8) is 0 Å².